The number of anilines is 1. The molecule has 0 saturated carbocycles. The van der Waals surface area contributed by atoms with E-state index in [4.69, 9.17) is 0 Å². The average molecular weight is 296 g/mol. The number of hydrogen-bond donors (Lipinski definition) is 1. The Morgan fingerprint density at radius 1 is 1.53 bits per heavy atom. The first-order valence-electron chi connectivity index (χ1n) is 5.67. The van der Waals surface area contributed by atoms with E-state index in [0.717, 1.165) is 10.7 Å². The van der Waals surface area contributed by atoms with Gasteiger partial charge in [-0.15, -0.1) is 23.1 Å². The number of nitrogens with zero attached hydrogens (tertiary/aromatic N) is 1. The Kier molecular flexibility index (Phi) is 4.93. The number of carbonyl (C=O) groups is 1. The second kappa shape index (κ2) is 6.68. The van der Waals surface area contributed by atoms with Crippen LogP contribution in [0.4, 0.5) is 10.1 Å². The van der Waals surface area contributed by atoms with Crippen LogP contribution in [0.1, 0.15) is 10.7 Å². The zero-order valence-electron chi connectivity index (χ0n) is 10.4. The van der Waals surface area contributed by atoms with Crippen molar-refractivity contribution >= 4 is 34.7 Å². The number of halogens is 1. The van der Waals surface area contributed by atoms with Gasteiger partial charge in [-0.05, 0) is 25.1 Å². The van der Waals surface area contributed by atoms with Crippen molar-refractivity contribution in [3.63, 3.8) is 0 Å². The molecule has 1 heterocycles. The molecule has 0 radical (unpaired) electrons. The van der Waals surface area contributed by atoms with Crippen LogP contribution in [0.2, 0.25) is 0 Å². The zero-order valence-corrected chi connectivity index (χ0v) is 12.0. The first kappa shape index (κ1) is 14.0. The predicted molar refractivity (Wildman–Crippen MR) is 78.0 cm³/mol. The molecule has 0 fully saturated rings. The zero-order chi connectivity index (χ0) is 13.7. The molecule has 2 rings (SSSR count). The fourth-order valence-corrected chi connectivity index (χ4v) is 2.92. The Bertz CT molecular complexity index is 571. The van der Waals surface area contributed by atoms with Crippen molar-refractivity contribution in [3.8, 4) is 0 Å². The van der Waals surface area contributed by atoms with Gasteiger partial charge in [0.15, 0.2) is 0 Å². The Balaban J connectivity index is 1.76. The number of carbonyl (C=O) groups excluding carboxylic acids is 1. The fourth-order valence-electron chi connectivity index (χ4n) is 1.49. The van der Waals surface area contributed by atoms with E-state index < -0.39 is 0 Å². The van der Waals surface area contributed by atoms with Crippen molar-refractivity contribution in [3.05, 3.63) is 46.2 Å². The summed E-state index contributed by atoms with van der Waals surface area (Å²) in [5.74, 6) is 0.541. The van der Waals surface area contributed by atoms with Crippen molar-refractivity contribution in [2.45, 2.75) is 12.7 Å². The van der Waals surface area contributed by atoms with Crippen LogP contribution in [0, 0.1) is 12.7 Å². The Morgan fingerprint density at radius 3 is 3.05 bits per heavy atom. The molecule has 0 aliphatic rings. The number of hydrogen-bond acceptors (Lipinski definition) is 4. The minimum absolute atomic E-state index is 0.137. The van der Waals surface area contributed by atoms with Crippen molar-refractivity contribution in [1.29, 1.82) is 0 Å². The molecule has 0 atom stereocenters. The molecule has 1 amide bonds. The minimum Gasteiger partial charge on any atom is -0.325 e. The number of rotatable bonds is 5. The number of nitrogens with one attached hydrogen (secondary N) is 1. The van der Waals surface area contributed by atoms with Crippen LogP contribution in [-0.4, -0.2) is 16.6 Å². The highest BCUT2D eigenvalue weighted by molar-refractivity contribution is 7.99. The van der Waals surface area contributed by atoms with E-state index in [1.807, 2.05) is 12.3 Å². The maximum Gasteiger partial charge on any atom is 0.234 e. The lowest BCUT2D eigenvalue weighted by Crippen LogP contribution is -2.14. The summed E-state index contributed by atoms with van der Waals surface area (Å²) in [5, 5.41) is 5.68. The lowest BCUT2D eigenvalue weighted by molar-refractivity contribution is -0.113. The highest BCUT2D eigenvalue weighted by Crippen LogP contribution is 2.16. The molecular weight excluding hydrogens is 283 g/mol. The highest BCUT2D eigenvalue weighted by Gasteiger charge is 2.05. The van der Waals surface area contributed by atoms with Gasteiger partial charge in [0, 0.05) is 16.8 Å². The number of aryl methyl sites for hydroxylation is 1. The third-order valence-corrected chi connectivity index (χ3v) is 4.05. The van der Waals surface area contributed by atoms with Crippen LogP contribution >= 0.6 is 23.1 Å². The predicted octanol–water partition coefficient (Wildman–Crippen LogP) is 3.46. The average Bonchev–Trinajstić information content (AvgIpc) is 2.75. The third-order valence-electron chi connectivity index (χ3n) is 2.26. The summed E-state index contributed by atoms with van der Waals surface area (Å²) < 4.78 is 12.9. The molecule has 1 aromatic carbocycles. The molecule has 6 heteroatoms. The van der Waals surface area contributed by atoms with E-state index in [9.17, 15) is 9.18 Å². The van der Waals surface area contributed by atoms with Crippen LogP contribution in [0.3, 0.4) is 0 Å². The summed E-state index contributed by atoms with van der Waals surface area (Å²) in [4.78, 5) is 16.0. The van der Waals surface area contributed by atoms with Crippen molar-refractivity contribution < 1.29 is 9.18 Å². The van der Waals surface area contributed by atoms with Gasteiger partial charge in [-0.2, -0.15) is 0 Å². The van der Waals surface area contributed by atoms with Gasteiger partial charge in [-0.3, -0.25) is 4.79 Å². The van der Waals surface area contributed by atoms with Crippen molar-refractivity contribution in [2.75, 3.05) is 11.1 Å². The van der Waals surface area contributed by atoms with Gasteiger partial charge in [0.25, 0.3) is 0 Å². The number of benzene rings is 1. The summed E-state index contributed by atoms with van der Waals surface area (Å²) in [6.07, 6.45) is 0. The normalized spacial score (nSPS) is 10.4. The van der Waals surface area contributed by atoms with E-state index in [1.165, 1.54) is 23.9 Å². The number of aromatic nitrogens is 1. The van der Waals surface area contributed by atoms with Crippen LogP contribution in [-0.2, 0) is 10.5 Å². The van der Waals surface area contributed by atoms with Gasteiger partial charge >= 0.3 is 0 Å². The van der Waals surface area contributed by atoms with E-state index in [0.29, 0.717) is 17.2 Å². The molecular formula is C13H13FN2OS2. The maximum atomic E-state index is 12.9. The Morgan fingerprint density at radius 2 is 2.37 bits per heavy atom. The van der Waals surface area contributed by atoms with E-state index in [2.05, 4.69) is 10.3 Å². The molecule has 3 nitrogen and oxygen atoms in total. The lowest BCUT2D eigenvalue weighted by Gasteiger charge is -2.04. The smallest absolute Gasteiger partial charge is 0.234 e. The largest absolute Gasteiger partial charge is 0.325 e. The topological polar surface area (TPSA) is 42.0 Å². The standard InChI is InChI=1S/C13H13FN2OS2/c1-9-15-12(7-19-9)6-18-8-13(17)16-11-4-2-3-10(14)5-11/h2-5,7H,6,8H2,1H3,(H,16,17). The Hall–Kier alpha value is -1.40. The summed E-state index contributed by atoms with van der Waals surface area (Å²) in [6.45, 7) is 1.95. The van der Waals surface area contributed by atoms with Crippen LogP contribution < -0.4 is 5.32 Å². The molecule has 100 valence electrons. The summed E-state index contributed by atoms with van der Waals surface area (Å²) >= 11 is 3.09. The maximum absolute atomic E-state index is 12.9. The fraction of sp³-hybridized carbons (Fsp3) is 0.231. The summed E-state index contributed by atoms with van der Waals surface area (Å²) in [5.41, 5.74) is 1.47. The van der Waals surface area contributed by atoms with Gasteiger partial charge in [-0.25, -0.2) is 9.37 Å². The van der Waals surface area contributed by atoms with Crippen molar-refractivity contribution in [1.82, 2.24) is 4.98 Å². The van der Waals surface area contributed by atoms with Gasteiger partial charge in [0.2, 0.25) is 5.91 Å². The molecule has 0 spiro atoms. The third kappa shape index (κ3) is 4.65. The van der Waals surface area contributed by atoms with E-state index in [1.54, 1.807) is 23.5 Å². The molecule has 1 N–H and O–H groups in total. The van der Waals surface area contributed by atoms with Gasteiger partial charge in [0.1, 0.15) is 5.82 Å². The van der Waals surface area contributed by atoms with Crippen LogP contribution in [0.15, 0.2) is 29.6 Å². The highest BCUT2D eigenvalue weighted by atomic mass is 32.2. The summed E-state index contributed by atoms with van der Waals surface area (Å²) in [7, 11) is 0. The molecule has 0 aliphatic heterocycles. The quantitative estimate of drug-likeness (QED) is 0.918. The van der Waals surface area contributed by atoms with Crippen molar-refractivity contribution in [2.24, 2.45) is 0 Å². The molecule has 0 saturated heterocycles. The van der Waals surface area contributed by atoms with Gasteiger partial charge < -0.3 is 5.32 Å². The molecule has 0 bridgehead atoms. The first-order chi connectivity index (χ1) is 9.13. The number of thioether (sulfide) groups is 1. The van der Waals surface area contributed by atoms with E-state index in [-0.39, 0.29) is 11.7 Å². The number of amides is 1. The second-order valence-electron chi connectivity index (χ2n) is 3.91. The number of thiazole rings is 1. The SMILES string of the molecule is Cc1nc(CSCC(=O)Nc2cccc(F)c2)cs1. The molecule has 19 heavy (non-hydrogen) atoms. The molecule has 0 unspecified atom stereocenters. The minimum atomic E-state index is -0.358. The van der Waals surface area contributed by atoms with Crippen LogP contribution in [0.5, 0.6) is 0 Å². The van der Waals surface area contributed by atoms with Gasteiger partial charge in [-0.1, -0.05) is 6.07 Å². The second-order valence-corrected chi connectivity index (χ2v) is 5.96. The lowest BCUT2D eigenvalue weighted by atomic mass is 10.3. The monoisotopic (exact) mass is 296 g/mol. The molecule has 1 aromatic heterocycles. The summed E-state index contributed by atoms with van der Waals surface area (Å²) in [6, 6.07) is 5.87. The van der Waals surface area contributed by atoms with Gasteiger partial charge in [0.05, 0.1) is 16.5 Å². The first-order valence-corrected chi connectivity index (χ1v) is 7.71. The molecule has 2 aromatic rings. The molecule has 0 aliphatic carbocycles. The van der Waals surface area contributed by atoms with Crippen LogP contribution in [0.25, 0.3) is 0 Å². The Labute approximate surface area is 119 Å². The van der Waals surface area contributed by atoms with E-state index >= 15 is 0 Å².